The lowest BCUT2D eigenvalue weighted by atomic mass is 9.95. The molecule has 2 unspecified atom stereocenters. The van der Waals surface area contributed by atoms with Gasteiger partial charge in [0.15, 0.2) is 0 Å². The minimum Gasteiger partial charge on any atom is -0.332 e. The van der Waals surface area contributed by atoms with Gasteiger partial charge in [-0.3, -0.25) is 14.9 Å². The number of piperidine rings is 1. The number of carbonyl (C=O) groups excluding carboxylic acids is 1. The van der Waals surface area contributed by atoms with E-state index in [1.165, 1.54) is 24.3 Å². The molecule has 0 saturated carbocycles. The van der Waals surface area contributed by atoms with Crippen molar-refractivity contribution in [1.29, 1.82) is 0 Å². The lowest BCUT2D eigenvalue weighted by Gasteiger charge is -2.40. The van der Waals surface area contributed by atoms with Gasteiger partial charge in [0.2, 0.25) is 0 Å². The van der Waals surface area contributed by atoms with Gasteiger partial charge in [-0.1, -0.05) is 0 Å². The molecule has 108 valence electrons. The predicted octanol–water partition coefficient (Wildman–Crippen LogP) is 1.94. The van der Waals surface area contributed by atoms with E-state index in [4.69, 9.17) is 5.73 Å². The lowest BCUT2D eigenvalue weighted by molar-refractivity contribution is -0.384. The molecule has 1 aliphatic heterocycles. The van der Waals surface area contributed by atoms with Crippen molar-refractivity contribution in [3.05, 3.63) is 39.9 Å². The first kappa shape index (κ1) is 14.5. The highest BCUT2D eigenvalue weighted by molar-refractivity contribution is 5.95. The van der Waals surface area contributed by atoms with Crippen LogP contribution in [0, 0.1) is 10.1 Å². The van der Waals surface area contributed by atoms with Gasteiger partial charge in [0.25, 0.3) is 11.6 Å². The van der Waals surface area contributed by atoms with Crippen LogP contribution in [0.1, 0.15) is 36.5 Å². The SMILES string of the molecule is CC1CCCC(CN)N1C(=O)c1ccc([N+](=O)[O-])cc1. The van der Waals surface area contributed by atoms with Gasteiger partial charge in [-0.2, -0.15) is 0 Å². The molecule has 1 saturated heterocycles. The monoisotopic (exact) mass is 277 g/mol. The molecule has 1 aromatic carbocycles. The maximum absolute atomic E-state index is 12.6. The van der Waals surface area contributed by atoms with Crippen LogP contribution in [-0.2, 0) is 0 Å². The van der Waals surface area contributed by atoms with Crippen molar-refractivity contribution in [2.75, 3.05) is 6.54 Å². The fourth-order valence-corrected chi connectivity index (χ4v) is 2.76. The number of benzene rings is 1. The molecule has 2 rings (SSSR count). The second-order valence-electron chi connectivity index (χ2n) is 5.19. The zero-order valence-corrected chi connectivity index (χ0v) is 11.5. The van der Waals surface area contributed by atoms with Crippen molar-refractivity contribution in [3.63, 3.8) is 0 Å². The molecular formula is C14H19N3O3. The summed E-state index contributed by atoms with van der Waals surface area (Å²) in [7, 11) is 0. The van der Waals surface area contributed by atoms with Crippen LogP contribution in [-0.4, -0.2) is 34.4 Å². The van der Waals surface area contributed by atoms with E-state index in [1.54, 1.807) is 0 Å². The fourth-order valence-electron chi connectivity index (χ4n) is 2.76. The van der Waals surface area contributed by atoms with Gasteiger partial charge in [-0.05, 0) is 38.3 Å². The van der Waals surface area contributed by atoms with Gasteiger partial charge in [0.05, 0.1) is 4.92 Å². The number of carbonyl (C=O) groups is 1. The molecular weight excluding hydrogens is 258 g/mol. The number of hydrogen-bond acceptors (Lipinski definition) is 4. The van der Waals surface area contributed by atoms with E-state index in [0.29, 0.717) is 12.1 Å². The smallest absolute Gasteiger partial charge is 0.269 e. The molecule has 2 atom stereocenters. The molecule has 1 fully saturated rings. The number of hydrogen-bond donors (Lipinski definition) is 1. The highest BCUT2D eigenvalue weighted by Gasteiger charge is 2.31. The molecule has 20 heavy (non-hydrogen) atoms. The molecule has 1 aliphatic rings. The summed E-state index contributed by atoms with van der Waals surface area (Å²) < 4.78 is 0. The van der Waals surface area contributed by atoms with Crippen LogP contribution in [0.25, 0.3) is 0 Å². The highest BCUT2D eigenvalue weighted by Crippen LogP contribution is 2.25. The Kier molecular flexibility index (Phi) is 4.34. The minimum atomic E-state index is -0.472. The summed E-state index contributed by atoms with van der Waals surface area (Å²) in [6, 6.07) is 5.95. The molecule has 1 amide bonds. The number of nitrogens with zero attached hydrogens (tertiary/aromatic N) is 2. The number of rotatable bonds is 3. The van der Waals surface area contributed by atoms with Gasteiger partial charge < -0.3 is 10.6 Å². The molecule has 1 aromatic rings. The van der Waals surface area contributed by atoms with E-state index in [1.807, 2.05) is 11.8 Å². The predicted molar refractivity (Wildman–Crippen MR) is 75.4 cm³/mol. The fraction of sp³-hybridized carbons (Fsp3) is 0.500. The van der Waals surface area contributed by atoms with E-state index in [9.17, 15) is 14.9 Å². The van der Waals surface area contributed by atoms with Crippen molar-refractivity contribution in [2.45, 2.75) is 38.3 Å². The maximum Gasteiger partial charge on any atom is 0.269 e. The molecule has 0 radical (unpaired) electrons. The van der Waals surface area contributed by atoms with Crippen molar-refractivity contribution >= 4 is 11.6 Å². The van der Waals surface area contributed by atoms with Crippen LogP contribution in [0.3, 0.4) is 0 Å². The second-order valence-corrected chi connectivity index (χ2v) is 5.19. The Morgan fingerprint density at radius 1 is 1.40 bits per heavy atom. The average molecular weight is 277 g/mol. The average Bonchev–Trinajstić information content (AvgIpc) is 2.46. The number of non-ortho nitro benzene ring substituents is 1. The van der Waals surface area contributed by atoms with E-state index in [2.05, 4.69) is 0 Å². The maximum atomic E-state index is 12.6. The van der Waals surface area contributed by atoms with E-state index < -0.39 is 4.92 Å². The Morgan fingerprint density at radius 2 is 2.05 bits per heavy atom. The van der Waals surface area contributed by atoms with Gasteiger partial charge >= 0.3 is 0 Å². The zero-order chi connectivity index (χ0) is 14.7. The van der Waals surface area contributed by atoms with Crippen LogP contribution >= 0.6 is 0 Å². The van der Waals surface area contributed by atoms with Crippen molar-refractivity contribution in [3.8, 4) is 0 Å². The number of nitro groups is 1. The van der Waals surface area contributed by atoms with Crippen LogP contribution in [0.5, 0.6) is 0 Å². The number of likely N-dealkylation sites (tertiary alicyclic amines) is 1. The Labute approximate surface area is 117 Å². The van der Waals surface area contributed by atoms with E-state index >= 15 is 0 Å². The molecule has 2 N–H and O–H groups in total. The highest BCUT2D eigenvalue weighted by atomic mass is 16.6. The van der Waals surface area contributed by atoms with Crippen LogP contribution in [0.4, 0.5) is 5.69 Å². The van der Waals surface area contributed by atoms with Gasteiger partial charge in [0.1, 0.15) is 0 Å². The lowest BCUT2D eigenvalue weighted by Crippen LogP contribution is -2.51. The topological polar surface area (TPSA) is 89.5 Å². The number of amides is 1. The Morgan fingerprint density at radius 3 is 2.60 bits per heavy atom. The van der Waals surface area contributed by atoms with Crippen molar-refractivity contribution in [1.82, 2.24) is 4.90 Å². The Bertz CT molecular complexity index is 501. The standard InChI is InChI=1S/C14H19N3O3/c1-10-3-2-4-13(9-15)16(10)14(18)11-5-7-12(8-6-11)17(19)20/h5-8,10,13H,2-4,9,15H2,1H3. The first-order valence-electron chi connectivity index (χ1n) is 6.81. The number of nitro benzene ring substituents is 1. The first-order valence-corrected chi connectivity index (χ1v) is 6.81. The summed E-state index contributed by atoms with van der Waals surface area (Å²) in [5.74, 6) is -0.0949. The molecule has 0 bridgehead atoms. The summed E-state index contributed by atoms with van der Waals surface area (Å²) in [5, 5.41) is 10.6. The zero-order valence-electron chi connectivity index (χ0n) is 11.5. The molecule has 0 aromatic heterocycles. The summed E-state index contributed by atoms with van der Waals surface area (Å²) in [5.41, 5.74) is 6.22. The van der Waals surface area contributed by atoms with Crippen LogP contribution in [0.2, 0.25) is 0 Å². The molecule has 0 aliphatic carbocycles. The van der Waals surface area contributed by atoms with Crippen molar-refractivity contribution in [2.24, 2.45) is 5.73 Å². The van der Waals surface area contributed by atoms with Gasteiger partial charge in [-0.25, -0.2) is 0 Å². The van der Waals surface area contributed by atoms with Crippen molar-refractivity contribution < 1.29 is 9.72 Å². The Hall–Kier alpha value is -1.95. The van der Waals surface area contributed by atoms with E-state index in [-0.39, 0.29) is 23.7 Å². The third-order valence-electron chi connectivity index (χ3n) is 3.86. The molecule has 6 nitrogen and oxygen atoms in total. The normalized spacial score (nSPS) is 22.6. The molecule has 1 heterocycles. The van der Waals surface area contributed by atoms with Crippen LogP contribution in [0.15, 0.2) is 24.3 Å². The molecule has 6 heteroatoms. The summed E-state index contributed by atoms with van der Waals surface area (Å²) in [6.07, 6.45) is 2.96. The first-order chi connectivity index (χ1) is 9.54. The third-order valence-corrected chi connectivity index (χ3v) is 3.86. The van der Waals surface area contributed by atoms with Gasteiger partial charge in [0, 0.05) is 36.3 Å². The number of nitrogens with two attached hydrogens (primary N) is 1. The summed E-state index contributed by atoms with van der Waals surface area (Å²) >= 11 is 0. The Balaban J connectivity index is 2.22. The quantitative estimate of drug-likeness (QED) is 0.675. The molecule has 0 spiro atoms. The van der Waals surface area contributed by atoms with Crippen LogP contribution < -0.4 is 5.73 Å². The minimum absolute atomic E-state index is 0.0105. The summed E-state index contributed by atoms with van der Waals surface area (Å²) in [6.45, 7) is 2.47. The van der Waals surface area contributed by atoms with E-state index in [0.717, 1.165) is 19.3 Å². The summed E-state index contributed by atoms with van der Waals surface area (Å²) in [4.78, 5) is 24.5. The second kappa shape index (κ2) is 6.00. The third kappa shape index (κ3) is 2.80. The largest absolute Gasteiger partial charge is 0.332 e. The van der Waals surface area contributed by atoms with Gasteiger partial charge in [-0.15, -0.1) is 0 Å².